The molecule has 0 aliphatic rings. The SMILES string of the molecule is O=Nc1ccc(C(=O)NCc2ccccn2)cc1F. The first-order valence-electron chi connectivity index (χ1n) is 5.51. The lowest BCUT2D eigenvalue weighted by molar-refractivity contribution is 0.0950. The minimum absolute atomic E-state index is 0.126. The quantitative estimate of drug-likeness (QED) is 0.857. The average molecular weight is 259 g/mol. The van der Waals surface area contributed by atoms with E-state index in [-0.39, 0.29) is 17.8 Å². The summed E-state index contributed by atoms with van der Waals surface area (Å²) in [7, 11) is 0. The molecule has 1 aromatic carbocycles. The van der Waals surface area contributed by atoms with E-state index < -0.39 is 11.7 Å². The minimum Gasteiger partial charge on any atom is -0.346 e. The van der Waals surface area contributed by atoms with Crippen LogP contribution in [0.3, 0.4) is 0 Å². The number of benzene rings is 1. The maximum absolute atomic E-state index is 13.3. The molecule has 6 heteroatoms. The second kappa shape index (κ2) is 5.81. The molecule has 0 saturated heterocycles. The Morgan fingerprint density at radius 2 is 2.16 bits per heavy atom. The standard InChI is InChI=1S/C13H10FN3O2/c14-11-7-9(4-5-12(11)17-19)13(18)16-8-10-3-1-2-6-15-10/h1-7H,8H2,(H,16,18). The largest absolute Gasteiger partial charge is 0.346 e. The van der Waals surface area contributed by atoms with Crippen molar-refractivity contribution in [2.45, 2.75) is 6.54 Å². The van der Waals surface area contributed by atoms with Crippen molar-refractivity contribution in [3.8, 4) is 0 Å². The summed E-state index contributed by atoms with van der Waals surface area (Å²) in [5.74, 6) is -1.26. The van der Waals surface area contributed by atoms with Crippen molar-refractivity contribution in [3.63, 3.8) is 0 Å². The van der Waals surface area contributed by atoms with Gasteiger partial charge in [0, 0.05) is 11.8 Å². The molecule has 0 bridgehead atoms. The van der Waals surface area contributed by atoms with Crippen LogP contribution in [0.2, 0.25) is 0 Å². The van der Waals surface area contributed by atoms with Crippen molar-refractivity contribution in [1.82, 2.24) is 10.3 Å². The Balaban J connectivity index is 2.04. The van der Waals surface area contributed by atoms with Crippen LogP contribution in [0.1, 0.15) is 16.1 Å². The number of amides is 1. The van der Waals surface area contributed by atoms with E-state index in [4.69, 9.17) is 0 Å². The number of aromatic nitrogens is 1. The molecule has 1 aromatic heterocycles. The molecule has 0 spiro atoms. The maximum Gasteiger partial charge on any atom is 0.251 e. The van der Waals surface area contributed by atoms with Crippen LogP contribution in [0.4, 0.5) is 10.1 Å². The van der Waals surface area contributed by atoms with Crippen LogP contribution in [0, 0.1) is 10.7 Å². The molecule has 5 nitrogen and oxygen atoms in total. The molecule has 96 valence electrons. The molecule has 0 fully saturated rings. The van der Waals surface area contributed by atoms with Crippen molar-refractivity contribution in [2.24, 2.45) is 5.18 Å². The normalized spacial score (nSPS) is 9.95. The Morgan fingerprint density at radius 1 is 1.32 bits per heavy atom. The molecule has 19 heavy (non-hydrogen) atoms. The number of nitroso groups, excluding NO2 is 1. The molecule has 0 radical (unpaired) electrons. The molecule has 1 N–H and O–H groups in total. The number of hydrogen-bond donors (Lipinski definition) is 1. The molecular weight excluding hydrogens is 249 g/mol. The smallest absolute Gasteiger partial charge is 0.251 e. The third-order valence-electron chi connectivity index (χ3n) is 2.46. The number of nitrogens with zero attached hydrogens (tertiary/aromatic N) is 2. The first-order valence-corrected chi connectivity index (χ1v) is 5.51. The fourth-order valence-corrected chi connectivity index (χ4v) is 1.50. The van der Waals surface area contributed by atoms with E-state index in [0.717, 1.165) is 12.1 Å². The van der Waals surface area contributed by atoms with E-state index in [1.165, 1.54) is 6.07 Å². The van der Waals surface area contributed by atoms with Crippen molar-refractivity contribution in [2.75, 3.05) is 0 Å². The van der Waals surface area contributed by atoms with Gasteiger partial charge in [-0.15, -0.1) is 4.91 Å². The van der Waals surface area contributed by atoms with Crippen molar-refractivity contribution >= 4 is 11.6 Å². The van der Waals surface area contributed by atoms with Gasteiger partial charge in [-0.05, 0) is 35.5 Å². The van der Waals surface area contributed by atoms with E-state index in [0.29, 0.717) is 5.69 Å². The molecule has 1 amide bonds. The lowest BCUT2D eigenvalue weighted by atomic mass is 10.2. The van der Waals surface area contributed by atoms with Gasteiger partial charge in [-0.25, -0.2) is 4.39 Å². The van der Waals surface area contributed by atoms with Gasteiger partial charge in [0.25, 0.3) is 5.91 Å². The number of hydrogen-bond acceptors (Lipinski definition) is 4. The topological polar surface area (TPSA) is 71.4 Å². The summed E-state index contributed by atoms with van der Waals surface area (Å²) in [6.45, 7) is 0.245. The van der Waals surface area contributed by atoms with Crippen LogP contribution in [-0.4, -0.2) is 10.9 Å². The third-order valence-corrected chi connectivity index (χ3v) is 2.46. The molecule has 0 saturated carbocycles. The summed E-state index contributed by atoms with van der Waals surface area (Å²) in [6, 6.07) is 8.82. The van der Waals surface area contributed by atoms with E-state index in [1.54, 1.807) is 24.4 Å². The number of nitrogens with one attached hydrogen (secondary N) is 1. The van der Waals surface area contributed by atoms with Gasteiger partial charge in [0.15, 0.2) is 5.82 Å². The van der Waals surface area contributed by atoms with Crippen molar-refractivity contribution in [3.05, 3.63) is 64.6 Å². The molecule has 2 aromatic rings. The highest BCUT2D eigenvalue weighted by atomic mass is 19.1. The lowest BCUT2D eigenvalue weighted by Crippen LogP contribution is -2.23. The second-order valence-corrected chi connectivity index (χ2v) is 3.76. The summed E-state index contributed by atoms with van der Waals surface area (Å²) in [5.41, 5.74) is 0.504. The van der Waals surface area contributed by atoms with E-state index in [1.807, 2.05) is 0 Å². The lowest BCUT2D eigenvalue weighted by Gasteiger charge is -2.05. The van der Waals surface area contributed by atoms with Gasteiger partial charge in [-0.3, -0.25) is 9.78 Å². The van der Waals surface area contributed by atoms with Crippen molar-refractivity contribution < 1.29 is 9.18 Å². The third kappa shape index (κ3) is 3.19. The Morgan fingerprint density at radius 3 is 2.79 bits per heavy atom. The maximum atomic E-state index is 13.3. The number of pyridine rings is 1. The minimum atomic E-state index is -0.819. The number of rotatable bonds is 4. The molecular formula is C13H10FN3O2. The van der Waals surface area contributed by atoms with Crippen LogP contribution < -0.4 is 5.32 Å². The molecule has 0 unspecified atom stereocenters. The fourth-order valence-electron chi connectivity index (χ4n) is 1.50. The van der Waals surface area contributed by atoms with Gasteiger partial charge in [0.2, 0.25) is 0 Å². The Bertz CT molecular complexity index is 602. The highest BCUT2D eigenvalue weighted by Crippen LogP contribution is 2.18. The summed E-state index contributed by atoms with van der Waals surface area (Å²) in [6.07, 6.45) is 1.62. The molecule has 0 aliphatic heterocycles. The van der Waals surface area contributed by atoms with Crippen LogP contribution in [0.5, 0.6) is 0 Å². The first kappa shape index (κ1) is 12.8. The molecule has 2 rings (SSSR count). The zero-order valence-corrected chi connectivity index (χ0v) is 9.84. The highest BCUT2D eigenvalue weighted by Gasteiger charge is 2.09. The Kier molecular flexibility index (Phi) is 3.92. The van der Waals surface area contributed by atoms with Gasteiger partial charge < -0.3 is 5.32 Å². The summed E-state index contributed by atoms with van der Waals surface area (Å²) in [4.78, 5) is 26.0. The predicted molar refractivity (Wildman–Crippen MR) is 67.3 cm³/mol. The van der Waals surface area contributed by atoms with Crippen LogP contribution >= 0.6 is 0 Å². The zero-order valence-electron chi connectivity index (χ0n) is 9.84. The van der Waals surface area contributed by atoms with E-state index in [2.05, 4.69) is 15.5 Å². The Labute approximate surface area is 108 Å². The van der Waals surface area contributed by atoms with Crippen LogP contribution in [0.15, 0.2) is 47.8 Å². The summed E-state index contributed by atoms with van der Waals surface area (Å²) in [5, 5.41) is 5.10. The average Bonchev–Trinajstić information content (AvgIpc) is 2.45. The van der Waals surface area contributed by atoms with E-state index in [9.17, 15) is 14.1 Å². The van der Waals surface area contributed by atoms with Gasteiger partial charge >= 0.3 is 0 Å². The van der Waals surface area contributed by atoms with Gasteiger partial charge in [-0.1, -0.05) is 6.07 Å². The second-order valence-electron chi connectivity index (χ2n) is 3.76. The highest BCUT2D eigenvalue weighted by molar-refractivity contribution is 5.94. The summed E-state index contributed by atoms with van der Waals surface area (Å²) < 4.78 is 13.3. The monoisotopic (exact) mass is 259 g/mol. The van der Waals surface area contributed by atoms with E-state index >= 15 is 0 Å². The van der Waals surface area contributed by atoms with Crippen molar-refractivity contribution in [1.29, 1.82) is 0 Å². The van der Waals surface area contributed by atoms with Crippen LogP contribution in [-0.2, 0) is 6.54 Å². The Hall–Kier alpha value is -2.63. The first-order chi connectivity index (χ1) is 9.20. The summed E-state index contributed by atoms with van der Waals surface area (Å²) >= 11 is 0. The zero-order chi connectivity index (χ0) is 13.7. The molecule has 1 heterocycles. The number of carbonyl (C=O) groups is 1. The fraction of sp³-hybridized carbons (Fsp3) is 0.0769. The van der Waals surface area contributed by atoms with Crippen LogP contribution in [0.25, 0.3) is 0 Å². The molecule has 0 aliphatic carbocycles. The van der Waals surface area contributed by atoms with Gasteiger partial charge in [0.1, 0.15) is 5.69 Å². The van der Waals surface area contributed by atoms with Gasteiger partial charge in [0.05, 0.1) is 12.2 Å². The van der Waals surface area contributed by atoms with Gasteiger partial charge in [-0.2, -0.15) is 0 Å². The number of halogens is 1. The molecule has 0 atom stereocenters. The predicted octanol–water partition coefficient (Wildman–Crippen LogP) is 2.55. The number of carbonyl (C=O) groups excluding carboxylic acids is 1.